The molecule has 124 valence electrons. The first-order chi connectivity index (χ1) is 11.7. The molecule has 0 saturated heterocycles. The highest BCUT2D eigenvalue weighted by Gasteiger charge is 2.14. The van der Waals surface area contributed by atoms with Crippen molar-refractivity contribution < 1.29 is 4.79 Å². The fraction of sp³-hybridized carbons (Fsp3) is 0.294. The largest absolute Gasteiger partial charge is 0.321 e. The quantitative estimate of drug-likeness (QED) is 0.716. The number of benzene rings is 1. The number of carbonyl (C=O) groups is 1. The van der Waals surface area contributed by atoms with E-state index in [1.807, 2.05) is 30.3 Å². The van der Waals surface area contributed by atoms with Gasteiger partial charge < -0.3 is 5.32 Å². The van der Waals surface area contributed by atoms with Crippen LogP contribution in [0.25, 0.3) is 11.4 Å². The molecule has 0 aliphatic rings. The standard InChI is InChI=1S/C17H19N5OS/c1-3-6-14-11(4-2)10-15(24-14)17(23)18-13-8-5-7-12(9-13)16-19-21-22-20-16/h5,7-10H,3-4,6H2,1-2H3,(H,18,23)(H,19,20,21,22). The van der Waals surface area contributed by atoms with Crippen molar-refractivity contribution in [1.29, 1.82) is 0 Å². The number of amides is 1. The Labute approximate surface area is 144 Å². The summed E-state index contributed by atoms with van der Waals surface area (Å²) in [5, 5.41) is 16.8. The fourth-order valence-corrected chi connectivity index (χ4v) is 3.78. The van der Waals surface area contributed by atoms with Crippen LogP contribution in [0.2, 0.25) is 0 Å². The first kappa shape index (κ1) is 16.3. The van der Waals surface area contributed by atoms with Gasteiger partial charge in [-0.3, -0.25) is 4.79 Å². The van der Waals surface area contributed by atoms with Crippen LogP contribution in [0.1, 0.15) is 40.4 Å². The van der Waals surface area contributed by atoms with Crippen LogP contribution in [0.4, 0.5) is 5.69 Å². The molecular formula is C17H19N5OS. The van der Waals surface area contributed by atoms with Gasteiger partial charge in [0.15, 0.2) is 0 Å². The maximum absolute atomic E-state index is 12.5. The molecule has 0 fully saturated rings. The van der Waals surface area contributed by atoms with E-state index in [2.05, 4.69) is 39.8 Å². The second-order valence-corrected chi connectivity index (χ2v) is 6.57. The van der Waals surface area contributed by atoms with Gasteiger partial charge in [-0.2, -0.15) is 5.21 Å². The van der Waals surface area contributed by atoms with Crippen molar-refractivity contribution in [3.63, 3.8) is 0 Å². The van der Waals surface area contributed by atoms with E-state index >= 15 is 0 Å². The summed E-state index contributed by atoms with van der Waals surface area (Å²) >= 11 is 1.59. The van der Waals surface area contributed by atoms with Crippen LogP contribution in [0, 0.1) is 0 Å². The van der Waals surface area contributed by atoms with Gasteiger partial charge in [0.1, 0.15) is 0 Å². The van der Waals surface area contributed by atoms with Crippen LogP contribution < -0.4 is 5.32 Å². The predicted molar refractivity (Wildman–Crippen MR) is 95.3 cm³/mol. The molecule has 0 atom stereocenters. The molecule has 0 spiro atoms. The Morgan fingerprint density at radius 2 is 2.17 bits per heavy atom. The zero-order chi connectivity index (χ0) is 16.9. The summed E-state index contributed by atoms with van der Waals surface area (Å²) in [6.45, 7) is 4.28. The van der Waals surface area contributed by atoms with Gasteiger partial charge in [0.25, 0.3) is 5.91 Å². The van der Waals surface area contributed by atoms with Gasteiger partial charge in [-0.05, 0) is 41.8 Å². The molecule has 24 heavy (non-hydrogen) atoms. The fourth-order valence-electron chi connectivity index (χ4n) is 2.53. The Balaban J connectivity index is 1.79. The van der Waals surface area contributed by atoms with Crippen molar-refractivity contribution in [2.45, 2.75) is 33.1 Å². The molecule has 0 radical (unpaired) electrons. The van der Waals surface area contributed by atoms with Gasteiger partial charge >= 0.3 is 0 Å². The van der Waals surface area contributed by atoms with E-state index in [4.69, 9.17) is 0 Å². The number of anilines is 1. The average Bonchev–Trinajstić information content (AvgIpc) is 3.25. The zero-order valence-electron chi connectivity index (χ0n) is 13.7. The van der Waals surface area contributed by atoms with Gasteiger partial charge in [-0.15, -0.1) is 21.5 Å². The van der Waals surface area contributed by atoms with E-state index in [0.717, 1.165) is 29.7 Å². The number of H-pyrrole nitrogens is 1. The summed E-state index contributed by atoms with van der Waals surface area (Å²) in [6, 6.07) is 9.43. The highest BCUT2D eigenvalue weighted by molar-refractivity contribution is 7.14. The Kier molecular flexibility index (Phi) is 5.00. The molecule has 0 saturated carbocycles. The summed E-state index contributed by atoms with van der Waals surface area (Å²) in [4.78, 5) is 14.6. The Hall–Kier alpha value is -2.54. The molecule has 0 bridgehead atoms. The molecule has 1 amide bonds. The maximum Gasteiger partial charge on any atom is 0.265 e. The van der Waals surface area contributed by atoms with Crippen LogP contribution in [0.3, 0.4) is 0 Å². The van der Waals surface area contributed by atoms with E-state index in [0.29, 0.717) is 11.5 Å². The van der Waals surface area contributed by atoms with Gasteiger partial charge in [-0.1, -0.05) is 32.4 Å². The molecule has 0 aliphatic heterocycles. The molecule has 2 aromatic heterocycles. The molecule has 0 aliphatic carbocycles. The zero-order valence-corrected chi connectivity index (χ0v) is 14.5. The number of rotatable bonds is 6. The van der Waals surface area contributed by atoms with Gasteiger partial charge in [-0.25, -0.2) is 0 Å². The van der Waals surface area contributed by atoms with E-state index in [-0.39, 0.29) is 5.91 Å². The van der Waals surface area contributed by atoms with Crippen LogP contribution >= 0.6 is 11.3 Å². The van der Waals surface area contributed by atoms with Crippen molar-refractivity contribution in [3.8, 4) is 11.4 Å². The summed E-state index contributed by atoms with van der Waals surface area (Å²) in [6.07, 6.45) is 3.06. The number of aryl methyl sites for hydroxylation is 2. The van der Waals surface area contributed by atoms with Crippen LogP contribution in [0.5, 0.6) is 0 Å². The lowest BCUT2D eigenvalue weighted by Crippen LogP contribution is -2.10. The minimum absolute atomic E-state index is 0.0812. The van der Waals surface area contributed by atoms with Crippen LogP contribution in [0.15, 0.2) is 30.3 Å². The highest BCUT2D eigenvalue weighted by atomic mass is 32.1. The topological polar surface area (TPSA) is 83.6 Å². The lowest BCUT2D eigenvalue weighted by Gasteiger charge is -2.04. The van der Waals surface area contributed by atoms with Crippen LogP contribution in [-0.4, -0.2) is 26.5 Å². The molecule has 2 heterocycles. The smallest absolute Gasteiger partial charge is 0.265 e. The third-order valence-electron chi connectivity index (χ3n) is 3.70. The number of thiophene rings is 1. The normalized spacial score (nSPS) is 10.8. The number of nitrogens with zero attached hydrogens (tertiary/aromatic N) is 3. The second kappa shape index (κ2) is 7.35. The van der Waals surface area contributed by atoms with E-state index in [1.165, 1.54) is 10.4 Å². The number of aromatic amines is 1. The summed E-state index contributed by atoms with van der Waals surface area (Å²) < 4.78 is 0. The van der Waals surface area contributed by atoms with Crippen molar-refractivity contribution in [3.05, 3.63) is 45.6 Å². The monoisotopic (exact) mass is 341 g/mol. The molecule has 2 N–H and O–H groups in total. The number of hydrogen-bond donors (Lipinski definition) is 2. The first-order valence-electron chi connectivity index (χ1n) is 7.98. The molecule has 7 heteroatoms. The molecule has 0 unspecified atom stereocenters. The highest BCUT2D eigenvalue weighted by Crippen LogP contribution is 2.26. The van der Waals surface area contributed by atoms with E-state index in [9.17, 15) is 4.79 Å². The molecule has 1 aromatic carbocycles. The van der Waals surface area contributed by atoms with Crippen molar-refractivity contribution >= 4 is 22.9 Å². The number of aromatic nitrogens is 4. The van der Waals surface area contributed by atoms with Gasteiger partial charge in [0, 0.05) is 16.1 Å². The third-order valence-corrected chi connectivity index (χ3v) is 4.94. The van der Waals surface area contributed by atoms with Crippen LogP contribution in [-0.2, 0) is 12.8 Å². The summed E-state index contributed by atoms with van der Waals surface area (Å²) in [7, 11) is 0. The SMILES string of the molecule is CCCc1sc(C(=O)Nc2cccc(-c3nn[nH]n3)c2)cc1CC. The number of carbonyl (C=O) groups excluding carboxylic acids is 1. The lowest BCUT2D eigenvalue weighted by atomic mass is 10.1. The minimum atomic E-state index is -0.0812. The van der Waals surface area contributed by atoms with Crippen molar-refractivity contribution in [2.75, 3.05) is 5.32 Å². The van der Waals surface area contributed by atoms with Crippen molar-refractivity contribution in [2.24, 2.45) is 0 Å². The van der Waals surface area contributed by atoms with Crippen molar-refractivity contribution in [1.82, 2.24) is 20.6 Å². The maximum atomic E-state index is 12.5. The molecule has 3 aromatic rings. The third kappa shape index (κ3) is 3.51. The number of tetrazole rings is 1. The summed E-state index contributed by atoms with van der Waals surface area (Å²) in [5.41, 5.74) is 2.78. The predicted octanol–water partition coefficient (Wildman–Crippen LogP) is 3.70. The molecule has 3 rings (SSSR count). The lowest BCUT2D eigenvalue weighted by molar-refractivity contribution is 0.103. The van der Waals surface area contributed by atoms with E-state index in [1.54, 1.807) is 11.3 Å². The average molecular weight is 341 g/mol. The Bertz CT molecular complexity index is 825. The van der Waals surface area contributed by atoms with E-state index < -0.39 is 0 Å². The van der Waals surface area contributed by atoms with Gasteiger partial charge in [0.2, 0.25) is 5.82 Å². The molecule has 6 nitrogen and oxygen atoms in total. The first-order valence-corrected chi connectivity index (χ1v) is 8.79. The second-order valence-electron chi connectivity index (χ2n) is 5.43. The Morgan fingerprint density at radius 1 is 1.29 bits per heavy atom. The number of hydrogen-bond acceptors (Lipinski definition) is 5. The Morgan fingerprint density at radius 3 is 2.88 bits per heavy atom. The van der Waals surface area contributed by atoms with Gasteiger partial charge in [0.05, 0.1) is 4.88 Å². The minimum Gasteiger partial charge on any atom is -0.321 e. The molecular weight excluding hydrogens is 322 g/mol. The summed E-state index contributed by atoms with van der Waals surface area (Å²) in [5.74, 6) is 0.419. The number of nitrogens with one attached hydrogen (secondary N) is 2.